The quantitative estimate of drug-likeness (QED) is 0.256. The van der Waals surface area contributed by atoms with Gasteiger partial charge in [0.05, 0.1) is 6.04 Å². The van der Waals surface area contributed by atoms with Gasteiger partial charge in [-0.3, -0.25) is 9.59 Å². The molecule has 0 bridgehead atoms. The number of hydrogen-bond donors (Lipinski definition) is 0. The fourth-order valence-corrected chi connectivity index (χ4v) is 5.31. The van der Waals surface area contributed by atoms with Crippen LogP contribution in [0.4, 0.5) is 4.39 Å². The van der Waals surface area contributed by atoms with E-state index in [1.54, 1.807) is 41.3 Å². The summed E-state index contributed by atoms with van der Waals surface area (Å²) in [5.41, 5.74) is 1.74. The number of amides is 1. The average Bonchev–Trinajstić information content (AvgIpc) is 3.58. The van der Waals surface area contributed by atoms with E-state index in [0.717, 1.165) is 11.1 Å². The number of carbonyl (C=O) groups is 2. The Kier molecular flexibility index (Phi) is 8.24. The van der Waals surface area contributed by atoms with E-state index >= 15 is 0 Å². The molecule has 3 aromatic carbocycles. The minimum Gasteiger partial charge on any atom is -0.457 e. The van der Waals surface area contributed by atoms with Gasteiger partial charge in [-0.15, -0.1) is 0 Å². The normalized spacial score (nSPS) is 16.8. The number of nitrogens with zero attached hydrogens (tertiary/aromatic N) is 4. The maximum atomic E-state index is 13.5. The smallest absolute Gasteiger partial charge is 0.244 e. The van der Waals surface area contributed by atoms with Gasteiger partial charge in [-0.05, 0) is 78.4 Å². The number of carbonyl (C=O) groups excluding carboxylic acids is 2. The topological polar surface area (TPSA) is 77.3 Å². The highest BCUT2D eigenvalue weighted by Crippen LogP contribution is 2.31. The first-order valence-corrected chi connectivity index (χ1v) is 13.2. The Labute approximate surface area is 235 Å². The van der Waals surface area contributed by atoms with Gasteiger partial charge in [0.2, 0.25) is 5.91 Å². The zero-order chi connectivity index (χ0) is 27.4. The van der Waals surface area contributed by atoms with E-state index in [9.17, 15) is 14.0 Å². The number of benzene rings is 3. The summed E-state index contributed by atoms with van der Waals surface area (Å²) in [6.07, 6.45) is 4.18. The lowest BCUT2D eigenvalue weighted by Crippen LogP contribution is -2.42. The van der Waals surface area contributed by atoms with Crippen LogP contribution in [-0.2, 0) is 29.0 Å². The number of rotatable bonds is 9. The first-order chi connectivity index (χ1) is 18.8. The van der Waals surface area contributed by atoms with Crippen molar-refractivity contribution in [2.45, 2.75) is 31.8 Å². The van der Waals surface area contributed by atoms with E-state index in [1.165, 1.54) is 29.5 Å². The number of hydrogen-bond acceptors (Lipinski definition) is 5. The number of halogens is 3. The molecule has 10 heteroatoms. The Morgan fingerprint density at radius 2 is 1.72 bits per heavy atom. The Balaban J connectivity index is 1.28. The molecule has 2 heterocycles. The van der Waals surface area contributed by atoms with Gasteiger partial charge in [0, 0.05) is 23.0 Å². The molecule has 2 atom stereocenters. The molecule has 7 nitrogen and oxygen atoms in total. The van der Waals surface area contributed by atoms with Gasteiger partial charge in [-0.2, -0.15) is 5.10 Å². The van der Waals surface area contributed by atoms with Crippen LogP contribution >= 0.6 is 23.2 Å². The zero-order valence-corrected chi connectivity index (χ0v) is 22.4. The summed E-state index contributed by atoms with van der Waals surface area (Å²) in [6, 6.07) is 17.7. The summed E-state index contributed by atoms with van der Waals surface area (Å²) < 4.78 is 20.3. The molecule has 5 rings (SSSR count). The molecule has 0 radical (unpaired) electrons. The predicted molar refractivity (Wildman–Crippen MR) is 145 cm³/mol. The van der Waals surface area contributed by atoms with Crippen molar-refractivity contribution in [2.75, 3.05) is 6.54 Å². The van der Waals surface area contributed by atoms with Crippen LogP contribution in [0.5, 0.6) is 11.5 Å². The first kappa shape index (κ1) is 26.8. The molecule has 0 saturated carbocycles. The van der Waals surface area contributed by atoms with Crippen LogP contribution in [0.2, 0.25) is 10.0 Å². The Hall–Kier alpha value is -3.75. The van der Waals surface area contributed by atoms with Crippen LogP contribution in [0.1, 0.15) is 17.5 Å². The second-order valence-corrected chi connectivity index (χ2v) is 10.4. The second kappa shape index (κ2) is 12.0. The van der Waals surface area contributed by atoms with Gasteiger partial charge in [-0.25, -0.2) is 14.1 Å². The molecule has 1 aliphatic rings. The van der Waals surface area contributed by atoms with Crippen molar-refractivity contribution in [1.29, 1.82) is 0 Å². The van der Waals surface area contributed by atoms with Gasteiger partial charge in [0.25, 0.3) is 0 Å². The fraction of sp³-hybridized carbons (Fsp3) is 0.241. The Bertz CT molecular complexity index is 1450. The third-order valence-corrected chi connectivity index (χ3v) is 7.31. The highest BCUT2D eigenvalue weighted by molar-refractivity contribution is 6.35. The first-order valence-electron chi connectivity index (χ1n) is 12.4. The minimum absolute atomic E-state index is 0.00756. The summed E-state index contributed by atoms with van der Waals surface area (Å²) >= 11 is 12.4. The molecule has 1 fully saturated rings. The van der Waals surface area contributed by atoms with Gasteiger partial charge < -0.3 is 9.64 Å². The van der Waals surface area contributed by atoms with Crippen LogP contribution in [-0.4, -0.2) is 43.9 Å². The van der Waals surface area contributed by atoms with Crippen molar-refractivity contribution in [3.63, 3.8) is 0 Å². The molecule has 0 spiro atoms. The Morgan fingerprint density at radius 3 is 2.38 bits per heavy atom. The summed E-state index contributed by atoms with van der Waals surface area (Å²) in [7, 11) is 0. The summed E-state index contributed by atoms with van der Waals surface area (Å²) in [5, 5.41) is 5.15. The van der Waals surface area contributed by atoms with E-state index in [2.05, 4.69) is 10.1 Å². The van der Waals surface area contributed by atoms with Gasteiger partial charge in [0.1, 0.15) is 36.5 Å². The minimum atomic E-state index is -0.563. The van der Waals surface area contributed by atoms with Crippen molar-refractivity contribution in [3.8, 4) is 11.5 Å². The van der Waals surface area contributed by atoms with Crippen molar-refractivity contribution in [2.24, 2.45) is 5.92 Å². The molecule has 0 unspecified atom stereocenters. The number of aromatic nitrogens is 3. The summed E-state index contributed by atoms with van der Waals surface area (Å²) in [4.78, 5) is 32.3. The average molecular weight is 567 g/mol. The van der Waals surface area contributed by atoms with Crippen LogP contribution in [0, 0.1) is 11.7 Å². The predicted octanol–water partition coefficient (Wildman–Crippen LogP) is 5.79. The van der Waals surface area contributed by atoms with Crippen molar-refractivity contribution < 1.29 is 18.7 Å². The highest BCUT2D eigenvalue weighted by Gasteiger charge is 2.39. The van der Waals surface area contributed by atoms with Gasteiger partial charge in [0.15, 0.2) is 5.78 Å². The fourth-order valence-electron chi connectivity index (χ4n) is 4.83. The van der Waals surface area contributed by atoms with Crippen LogP contribution < -0.4 is 4.74 Å². The van der Waals surface area contributed by atoms with E-state index in [-0.39, 0.29) is 36.4 Å². The van der Waals surface area contributed by atoms with Crippen LogP contribution in [0.15, 0.2) is 79.4 Å². The lowest BCUT2D eigenvalue weighted by molar-refractivity contribution is -0.138. The Morgan fingerprint density at radius 1 is 1.00 bits per heavy atom. The molecule has 0 aliphatic carbocycles. The number of Topliss-reactive ketones (excluding diaryl/α,β-unsaturated/α-hetero) is 1. The van der Waals surface area contributed by atoms with Crippen LogP contribution in [0.3, 0.4) is 0 Å². The molecular formula is C29H25Cl2FN4O3. The molecule has 1 amide bonds. The standard InChI is InChI=1S/C29H25Cl2FN4O3/c30-22-4-3-21(26(31)14-22)11-20-12-27(36(15-20)29(38)16-35-18-33-17-34-35)28(37)13-19-1-7-24(8-2-19)39-25-9-5-23(32)6-10-25/h1-10,14,17-18,20,27H,11-13,15-16H2/t20-,27+/m1/s1. The molecule has 200 valence electrons. The molecule has 0 N–H and O–H groups in total. The van der Waals surface area contributed by atoms with E-state index in [1.807, 2.05) is 18.2 Å². The van der Waals surface area contributed by atoms with Crippen molar-refractivity contribution in [1.82, 2.24) is 19.7 Å². The number of ketones is 1. The van der Waals surface area contributed by atoms with Gasteiger partial charge in [-0.1, -0.05) is 41.4 Å². The molecule has 1 aliphatic heterocycles. The molecule has 1 saturated heterocycles. The lowest BCUT2D eigenvalue weighted by Gasteiger charge is -2.23. The molecule has 1 aromatic heterocycles. The molecule has 39 heavy (non-hydrogen) atoms. The van der Waals surface area contributed by atoms with Crippen LogP contribution in [0.25, 0.3) is 0 Å². The zero-order valence-electron chi connectivity index (χ0n) is 20.8. The summed E-state index contributed by atoms with van der Waals surface area (Å²) in [6.45, 7) is 0.445. The molecular weight excluding hydrogens is 542 g/mol. The number of likely N-dealkylation sites (tertiary alicyclic amines) is 1. The SMILES string of the molecule is O=C(Cc1ccc(Oc2ccc(F)cc2)cc1)[C@@H]1C[C@@H](Cc2ccc(Cl)cc2Cl)CN1C(=O)Cn1cncn1. The number of ether oxygens (including phenoxy) is 1. The largest absolute Gasteiger partial charge is 0.457 e. The third-order valence-electron chi connectivity index (χ3n) is 6.72. The second-order valence-electron chi connectivity index (χ2n) is 9.54. The van der Waals surface area contributed by atoms with E-state index in [0.29, 0.717) is 40.9 Å². The molecule has 4 aromatic rings. The maximum absolute atomic E-state index is 13.5. The highest BCUT2D eigenvalue weighted by atomic mass is 35.5. The lowest BCUT2D eigenvalue weighted by atomic mass is 9.94. The van der Waals surface area contributed by atoms with E-state index < -0.39 is 6.04 Å². The van der Waals surface area contributed by atoms with Gasteiger partial charge >= 0.3 is 0 Å². The summed E-state index contributed by atoms with van der Waals surface area (Å²) in [5.74, 6) is 0.576. The third kappa shape index (κ3) is 6.82. The maximum Gasteiger partial charge on any atom is 0.244 e. The monoisotopic (exact) mass is 566 g/mol. The van der Waals surface area contributed by atoms with Crippen molar-refractivity contribution in [3.05, 3.63) is 106 Å². The van der Waals surface area contributed by atoms with Crippen molar-refractivity contribution >= 4 is 34.9 Å². The van der Waals surface area contributed by atoms with E-state index in [4.69, 9.17) is 27.9 Å².